The van der Waals surface area contributed by atoms with Gasteiger partial charge in [-0.1, -0.05) is 22.9 Å². The molecule has 0 atom stereocenters. The van der Waals surface area contributed by atoms with Crippen molar-refractivity contribution < 1.29 is 0 Å². The predicted molar refractivity (Wildman–Crippen MR) is 86.5 cm³/mol. The molecule has 0 aliphatic heterocycles. The van der Waals surface area contributed by atoms with E-state index in [1.165, 1.54) is 9.75 Å². The molecule has 0 radical (unpaired) electrons. The number of halogens is 1. The Bertz CT molecular complexity index is 822. The van der Waals surface area contributed by atoms with Gasteiger partial charge in [-0.2, -0.15) is 0 Å². The number of nitrogens with zero attached hydrogens (tertiary/aromatic N) is 2. The predicted octanol–water partition coefficient (Wildman–Crippen LogP) is 3.83. The normalized spacial score (nSPS) is 11.1. The van der Waals surface area contributed by atoms with E-state index in [2.05, 4.69) is 40.0 Å². The second-order valence-corrected chi connectivity index (χ2v) is 6.73. The Morgan fingerprint density at radius 2 is 2.05 bits per heavy atom. The third kappa shape index (κ3) is 2.55. The Balaban J connectivity index is 2.02. The molecule has 3 nitrogen and oxygen atoms in total. The third-order valence-electron chi connectivity index (χ3n) is 3.18. The fourth-order valence-corrected chi connectivity index (χ4v) is 3.42. The molecular formula is C15H13BrN2OS. The lowest BCUT2D eigenvalue weighted by Crippen LogP contribution is -2.20. The maximum Gasteiger partial charge on any atom is 0.261 e. The van der Waals surface area contributed by atoms with Gasteiger partial charge < -0.3 is 0 Å². The number of fused-ring (bicyclic) bond motifs is 1. The van der Waals surface area contributed by atoms with E-state index in [9.17, 15) is 4.79 Å². The van der Waals surface area contributed by atoms with E-state index < -0.39 is 0 Å². The lowest BCUT2D eigenvalue weighted by Gasteiger charge is -2.05. The Morgan fingerprint density at radius 1 is 1.25 bits per heavy atom. The largest absolute Gasteiger partial charge is 0.293 e. The van der Waals surface area contributed by atoms with Crippen LogP contribution >= 0.6 is 27.3 Å². The van der Waals surface area contributed by atoms with Crippen LogP contribution in [0, 0.1) is 0 Å². The lowest BCUT2D eigenvalue weighted by atomic mass is 10.2. The highest BCUT2D eigenvalue weighted by Gasteiger charge is 2.06. The van der Waals surface area contributed by atoms with Gasteiger partial charge in [-0.05, 0) is 36.8 Å². The third-order valence-corrected chi connectivity index (χ3v) is 4.89. The van der Waals surface area contributed by atoms with Gasteiger partial charge in [-0.3, -0.25) is 9.36 Å². The Hall–Kier alpha value is -1.46. The molecule has 0 fully saturated rings. The molecule has 20 heavy (non-hydrogen) atoms. The molecule has 3 rings (SSSR count). The van der Waals surface area contributed by atoms with Crippen molar-refractivity contribution in [1.82, 2.24) is 9.55 Å². The number of benzene rings is 1. The number of hydrogen-bond acceptors (Lipinski definition) is 3. The zero-order valence-electron chi connectivity index (χ0n) is 11.0. The molecule has 0 aliphatic carbocycles. The van der Waals surface area contributed by atoms with Crippen molar-refractivity contribution >= 4 is 38.2 Å². The monoisotopic (exact) mass is 348 g/mol. The molecule has 0 spiro atoms. The summed E-state index contributed by atoms with van der Waals surface area (Å²) in [5.74, 6) is 0. The summed E-state index contributed by atoms with van der Waals surface area (Å²) in [6.45, 7) is 2.72. The fourth-order valence-electron chi connectivity index (χ4n) is 2.11. The van der Waals surface area contributed by atoms with Crippen molar-refractivity contribution in [2.24, 2.45) is 0 Å². The molecule has 0 aliphatic rings. The van der Waals surface area contributed by atoms with E-state index in [1.54, 1.807) is 22.2 Å². The quantitative estimate of drug-likeness (QED) is 0.720. The van der Waals surface area contributed by atoms with Crippen LogP contribution < -0.4 is 5.56 Å². The molecule has 3 aromatic rings. The van der Waals surface area contributed by atoms with E-state index >= 15 is 0 Å². The van der Waals surface area contributed by atoms with Crippen LogP contribution in [-0.4, -0.2) is 9.55 Å². The maximum absolute atomic E-state index is 12.4. The number of aromatic nitrogens is 2. The van der Waals surface area contributed by atoms with Crippen molar-refractivity contribution in [3.05, 3.63) is 61.2 Å². The second-order valence-electron chi connectivity index (χ2n) is 4.56. The van der Waals surface area contributed by atoms with Crippen molar-refractivity contribution in [1.29, 1.82) is 0 Å². The van der Waals surface area contributed by atoms with Crippen molar-refractivity contribution in [3.8, 4) is 0 Å². The summed E-state index contributed by atoms with van der Waals surface area (Å²) in [6, 6.07) is 9.76. The van der Waals surface area contributed by atoms with Gasteiger partial charge in [0.05, 0.1) is 23.8 Å². The van der Waals surface area contributed by atoms with Gasteiger partial charge in [0, 0.05) is 14.2 Å². The van der Waals surface area contributed by atoms with Gasteiger partial charge in [0.2, 0.25) is 0 Å². The summed E-state index contributed by atoms with van der Waals surface area (Å²) in [4.78, 5) is 19.3. The maximum atomic E-state index is 12.4. The minimum absolute atomic E-state index is 0.00829. The minimum atomic E-state index is 0.00829. The molecule has 102 valence electrons. The first-order valence-electron chi connectivity index (χ1n) is 6.39. The molecule has 5 heteroatoms. The van der Waals surface area contributed by atoms with Crippen LogP contribution in [0.2, 0.25) is 0 Å². The molecule has 2 heterocycles. The van der Waals surface area contributed by atoms with Crippen molar-refractivity contribution in [3.63, 3.8) is 0 Å². The van der Waals surface area contributed by atoms with Crippen LogP contribution in [0.1, 0.15) is 16.7 Å². The van der Waals surface area contributed by atoms with Crippen LogP contribution in [0.3, 0.4) is 0 Å². The van der Waals surface area contributed by atoms with Gasteiger partial charge in [-0.15, -0.1) is 11.3 Å². The van der Waals surface area contributed by atoms with E-state index in [0.29, 0.717) is 11.9 Å². The van der Waals surface area contributed by atoms with Gasteiger partial charge >= 0.3 is 0 Å². The summed E-state index contributed by atoms with van der Waals surface area (Å²) in [6.07, 6.45) is 2.66. The molecule has 2 aromatic heterocycles. The summed E-state index contributed by atoms with van der Waals surface area (Å²) in [5, 5.41) is 0.656. The first-order valence-corrected chi connectivity index (χ1v) is 8.00. The Labute approximate surface area is 129 Å². The average Bonchev–Trinajstić information content (AvgIpc) is 2.89. The summed E-state index contributed by atoms with van der Waals surface area (Å²) < 4.78 is 2.60. The van der Waals surface area contributed by atoms with Crippen LogP contribution in [-0.2, 0) is 13.0 Å². The first kappa shape index (κ1) is 13.5. The van der Waals surface area contributed by atoms with Gasteiger partial charge in [0.15, 0.2) is 0 Å². The van der Waals surface area contributed by atoms with E-state index in [4.69, 9.17) is 0 Å². The summed E-state index contributed by atoms with van der Waals surface area (Å²) >= 11 is 5.14. The number of hydrogen-bond donors (Lipinski definition) is 0. The Kier molecular flexibility index (Phi) is 3.72. The molecule has 0 saturated heterocycles. The topological polar surface area (TPSA) is 34.9 Å². The van der Waals surface area contributed by atoms with E-state index in [0.717, 1.165) is 16.4 Å². The summed E-state index contributed by atoms with van der Waals surface area (Å²) in [7, 11) is 0. The highest BCUT2D eigenvalue weighted by atomic mass is 79.9. The summed E-state index contributed by atoms with van der Waals surface area (Å²) in [5.41, 5.74) is 0.731. The fraction of sp³-hybridized carbons (Fsp3) is 0.200. The Morgan fingerprint density at radius 3 is 2.80 bits per heavy atom. The molecule has 1 aromatic carbocycles. The standard InChI is InChI=1S/C15H13BrN2OS/c1-2-11-4-5-12(20-11)8-18-9-17-14-7-10(16)3-6-13(14)15(18)19/h3-7,9H,2,8H2,1H3. The molecular weight excluding hydrogens is 336 g/mol. The molecule has 0 saturated carbocycles. The number of thiophene rings is 1. The van der Waals surface area contributed by atoms with Crippen LogP contribution in [0.25, 0.3) is 10.9 Å². The molecule has 0 amide bonds. The van der Waals surface area contributed by atoms with Gasteiger partial charge in [-0.25, -0.2) is 4.98 Å². The second kappa shape index (κ2) is 5.50. The number of aryl methyl sites for hydroxylation is 1. The van der Waals surface area contributed by atoms with Crippen molar-refractivity contribution in [2.75, 3.05) is 0 Å². The SMILES string of the molecule is CCc1ccc(Cn2cnc3cc(Br)ccc3c2=O)s1. The molecule has 0 N–H and O–H groups in total. The minimum Gasteiger partial charge on any atom is -0.293 e. The zero-order valence-corrected chi connectivity index (χ0v) is 13.4. The van der Waals surface area contributed by atoms with Crippen LogP contribution in [0.4, 0.5) is 0 Å². The van der Waals surface area contributed by atoms with E-state index in [1.807, 2.05) is 18.2 Å². The first-order chi connectivity index (χ1) is 9.67. The van der Waals surface area contributed by atoms with Crippen LogP contribution in [0.5, 0.6) is 0 Å². The lowest BCUT2D eigenvalue weighted by molar-refractivity contribution is 0.758. The highest BCUT2D eigenvalue weighted by molar-refractivity contribution is 9.10. The number of rotatable bonds is 3. The smallest absolute Gasteiger partial charge is 0.261 e. The van der Waals surface area contributed by atoms with Crippen LogP contribution in [0.15, 0.2) is 45.9 Å². The molecule has 0 bridgehead atoms. The highest BCUT2D eigenvalue weighted by Crippen LogP contribution is 2.18. The van der Waals surface area contributed by atoms with E-state index in [-0.39, 0.29) is 5.56 Å². The van der Waals surface area contributed by atoms with Gasteiger partial charge in [0.25, 0.3) is 5.56 Å². The molecule has 0 unspecified atom stereocenters. The average molecular weight is 349 g/mol. The van der Waals surface area contributed by atoms with Gasteiger partial charge in [0.1, 0.15) is 0 Å². The van der Waals surface area contributed by atoms with Crippen molar-refractivity contribution in [2.45, 2.75) is 19.9 Å². The zero-order chi connectivity index (χ0) is 14.1.